The fourth-order valence-electron chi connectivity index (χ4n) is 2.80. The van der Waals surface area contributed by atoms with Crippen molar-refractivity contribution >= 4 is 5.91 Å². The summed E-state index contributed by atoms with van der Waals surface area (Å²) in [5.41, 5.74) is 0.116. The molecule has 1 heterocycles. The summed E-state index contributed by atoms with van der Waals surface area (Å²) >= 11 is 0. The number of carbonyl (C=O) groups excluding carboxylic acids is 1. The van der Waals surface area contributed by atoms with Crippen LogP contribution in [-0.4, -0.2) is 23.2 Å². The van der Waals surface area contributed by atoms with Crippen LogP contribution in [0.25, 0.3) is 0 Å². The smallest absolute Gasteiger partial charge is 0.255 e. The Morgan fingerprint density at radius 3 is 2.58 bits per heavy atom. The molecule has 0 aromatic carbocycles. The number of amides is 1. The number of furan rings is 1. The minimum absolute atomic E-state index is 0.00133. The number of hydrogen-bond donors (Lipinski definition) is 2. The van der Waals surface area contributed by atoms with Gasteiger partial charge in [0, 0.05) is 0 Å². The first kappa shape index (κ1) is 14.1. The average Bonchev–Trinajstić information content (AvgIpc) is 2.72. The Morgan fingerprint density at radius 1 is 1.47 bits per heavy atom. The second-order valence-electron chi connectivity index (χ2n) is 5.90. The molecule has 0 aliphatic heterocycles. The van der Waals surface area contributed by atoms with Crippen molar-refractivity contribution in [2.24, 2.45) is 5.92 Å². The minimum Gasteiger partial charge on any atom is -0.466 e. The van der Waals surface area contributed by atoms with E-state index in [1.54, 1.807) is 13.0 Å². The Morgan fingerprint density at radius 2 is 2.11 bits per heavy atom. The summed E-state index contributed by atoms with van der Waals surface area (Å²) in [6, 6.07) is 1.75. The van der Waals surface area contributed by atoms with E-state index in [0.29, 0.717) is 17.2 Å². The van der Waals surface area contributed by atoms with Crippen LogP contribution < -0.4 is 5.32 Å². The second-order valence-corrected chi connectivity index (χ2v) is 5.90. The van der Waals surface area contributed by atoms with Gasteiger partial charge in [-0.15, -0.1) is 0 Å². The van der Waals surface area contributed by atoms with Crippen LogP contribution in [0.2, 0.25) is 0 Å². The van der Waals surface area contributed by atoms with E-state index in [1.165, 1.54) is 0 Å². The van der Waals surface area contributed by atoms with Gasteiger partial charge in [-0.25, -0.2) is 0 Å². The van der Waals surface area contributed by atoms with E-state index < -0.39 is 5.54 Å². The molecular formula is C15H23NO3. The second kappa shape index (κ2) is 5.37. The van der Waals surface area contributed by atoms with Crippen molar-refractivity contribution in [2.75, 3.05) is 6.61 Å². The van der Waals surface area contributed by atoms with Crippen LogP contribution in [0.4, 0.5) is 0 Å². The summed E-state index contributed by atoms with van der Waals surface area (Å²) in [5.74, 6) is 1.90. The normalized spacial score (nSPS) is 27.3. The molecule has 0 unspecified atom stereocenters. The van der Waals surface area contributed by atoms with Gasteiger partial charge in [-0.1, -0.05) is 6.92 Å². The summed E-state index contributed by atoms with van der Waals surface area (Å²) in [6.07, 6.45) is 3.77. The minimum atomic E-state index is -0.457. The molecule has 1 fully saturated rings. The molecule has 0 spiro atoms. The van der Waals surface area contributed by atoms with Crippen molar-refractivity contribution in [1.82, 2.24) is 5.32 Å². The van der Waals surface area contributed by atoms with Crippen LogP contribution >= 0.6 is 0 Å². The number of rotatable bonds is 3. The quantitative estimate of drug-likeness (QED) is 0.883. The van der Waals surface area contributed by atoms with Gasteiger partial charge < -0.3 is 14.8 Å². The number of aliphatic hydroxyl groups is 1. The Kier molecular flexibility index (Phi) is 3.99. The van der Waals surface area contributed by atoms with Crippen molar-refractivity contribution in [2.45, 2.75) is 52.0 Å². The predicted octanol–water partition coefficient (Wildman–Crippen LogP) is 2.57. The Balaban J connectivity index is 2.10. The van der Waals surface area contributed by atoms with E-state index in [0.717, 1.165) is 31.4 Å². The van der Waals surface area contributed by atoms with Crippen molar-refractivity contribution in [3.63, 3.8) is 0 Å². The molecule has 4 heteroatoms. The van der Waals surface area contributed by atoms with Crippen molar-refractivity contribution < 1.29 is 14.3 Å². The number of nitrogens with one attached hydrogen (secondary N) is 1. The van der Waals surface area contributed by atoms with E-state index in [4.69, 9.17) is 4.42 Å². The molecule has 0 bridgehead atoms. The molecule has 19 heavy (non-hydrogen) atoms. The maximum atomic E-state index is 12.3. The van der Waals surface area contributed by atoms with E-state index in [-0.39, 0.29) is 12.5 Å². The molecule has 1 aromatic heterocycles. The third-order valence-electron chi connectivity index (χ3n) is 4.20. The van der Waals surface area contributed by atoms with Crippen LogP contribution in [0.1, 0.15) is 54.5 Å². The molecule has 2 N–H and O–H groups in total. The molecule has 0 saturated heterocycles. The summed E-state index contributed by atoms with van der Waals surface area (Å²) in [5, 5.41) is 12.7. The lowest BCUT2D eigenvalue weighted by Crippen LogP contribution is -2.53. The number of carbonyl (C=O) groups is 1. The number of aliphatic hydroxyl groups excluding tert-OH is 1. The van der Waals surface area contributed by atoms with Gasteiger partial charge in [0.1, 0.15) is 11.5 Å². The Bertz CT molecular complexity index is 456. The fourth-order valence-corrected chi connectivity index (χ4v) is 2.80. The lowest BCUT2D eigenvalue weighted by molar-refractivity contribution is 0.0716. The van der Waals surface area contributed by atoms with E-state index in [9.17, 15) is 9.90 Å². The van der Waals surface area contributed by atoms with Gasteiger partial charge in [-0.3, -0.25) is 4.79 Å². The van der Waals surface area contributed by atoms with Gasteiger partial charge in [0.2, 0.25) is 0 Å². The molecule has 1 aliphatic rings. The third kappa shape index (κ3) is 3.00. The highest BCUT2D eigenvalue weighted by Gasteiger charge is 2.35. The van der Waals surface area contributed by atoms with E-state index in [2.05, 4.69) is 12.2 Å². The van der Waals surface area contributed by atoms with E-state index >= 15 is 0 Å². The third-order valence-corrected chi connectivity index (χ3v) is 4.20. The van der Waals surface area contributed by atoms with Gasteiger partial charge in [0.15, 0.2) is 0 Å². The van der Waals surface area contributed by atoms with Gasteiger partial charge in [0.25, 0.3) is 5.91 Å². The molecule has 2 rings (SSSR count). The number of hydrogen-bond acceptors (Lipinski definition) is 3. The fraction of sp³-hybridized carbons (Fsp3) is 0.667. The maximum absolute atomic E-state index is 12.3. The summed E-state index contributed by atoms with van der Waals surface area (Å²) in [4.78, 5) is 12.3. The predicted molar refractivity (Wildman–Crippen MR) is 73.1 cm³/mol. The highest BCUT2D eigenvalue weighted by molar-refractivity contribution is 5.95. The van der Waals surface area contributed by atoms with Crippen molar-refractivity contribution in [3.05, 3.63) is 23.2 Å². The van der Waals surface area contributed by atoms with Gasteiger partial charge >= 0.3 is 0 Å². The Labute approximate surface area is 114 Å². The highest BCUT2D eigenvalue weighted by atomic mass is 16.3. The highest BCUT2D eigenvalue weighted by Crippen LogP contribution is 2.32. The first-order chi connectivity index (χ1) is 8.96. The van der Waals surface area contributed by atoms with Crippen LogP contribution in [0.5, 0.6) is 0 Å². The molecule has 106 valence electrons. The zero-order valence-corrected chi connectivity index (χ0v) is 12.0. The molecule has 0 atom stereocenters. The number of aryl methyl sites for hydroxylation is 2. The average molecular weight is 265 g/mol. The topological polar surface area (TPSA) is 62.5 Å². The van der Waals surface area contributed by atoms with Crippen LogP contribution in [0.15, 0.2) is 10.5 Å². The SMILES string of the molecule is Cc1cc(C(=O)NC2(CO)CCC(C)CC2)c(C)o1. The van der Waals surface area contributed by atoms with Crippen molar-refractivity contribution in [3.8, 4) is 0 Å². The van der Waals surface area contributed by atoms with Crippen LogP contribution in [0.3, 0.4) is 0 Å². The summed E-state index contributed by atoms with van der Waals surface area (Å²) in [7, 11) is 0. The molecular weight excluding hydrogens is 242 g/mol. The summed E-state index contributed by atoms with van der Waals surface area (Å²) < 4.78 is 5.39. The lowest BCUT2D eigenvalue weighted by atomic mass is 9.77. The van der Waals surface area contributed by atoms with Crippen LogP contribution in [0, 0.1) is 19.8 Å². The largest absolute Gasteiger partial charge is 0.466 e. The summed E-state index contributed by atoms with van der Waals surface area (Å²) in [6.45, 7) is 5.83. The van der Waals surface area contributed by atoms with Gasteiger partial charge in [-0.05, 0) is 51.5 Å². The zero-order chi connectivity index (χ0) is 14.0. The van der Waals surface area contributed by atoms with E-state index in [1.807, 2.05) is 6.92 Å². The molecule has 0 radical (unpaired) electrons. The molecule has 1 amide bonds. The lowest BCUT2D eigenvalue weighted by Gasteiger charge is -2.38. The molecule has 1 aliphatic carbocycles. The van der Waals surface area contributed by atoms with Gasteiger partial charge in [-0.2, -0.15) is 0 Å². The first-order valence-electron chi connectivity index (χ1n) is 6.96. The Hall–Kier alpha value is -1.29. The molecule has 1 aromatic rings. The maximum Gasteiger partial charge on any atom is 0.255 e. The zero-order valence-electron chi connectivity index (χ0n) is 12.0. The van der Waals surface area contributed by atoms with Crippen molar-refractivity contribution in [1.29, 1.82) is 0 Å². The molecule has 4 nitrogen and oxygen atoms in total. The van der Waals surface area contributed by atoms with Crippen LogP contribution in [-0.2, 0) is 0 Å². The van der Waals surface area contributed by atoms with Gasteiger partial charge in [0.05, 0.1) is 17.7 Å². The monoisotopic (exact) mass is 265 g/mol. The molecule has 1 saturated carbocycles. The standard InChI is InChI=1S/C15H23NO3/c1-10-4-6-15(9-17,7-5-10)16-14(18)13-8-11(2)19-12(13)3/h8,10,17H,4-7,9H2,1-3H3,(H,16,18). The first-order valence-corrected chi connectivity index (χ1v) is 6.96.